The van der Waals surface area contributed by atoms with Gasteiger partial charge in [-0.1, -0.05) is 12.8 Å². The average molecular weight is 328 g/mol. The Kier molecular flexibility index (Phi) is 5.63. The molecule has 2 amide bonds. The van der Waals surface area contributed by atoms with Crippen molar-refractivity contribution in [3.05, 3.63) is 29.6 Å². The van der Waals surface area contributed by atoms with Crippen LogP contribution < -0.4 is 5.32 Å². The van der Waals surface area contributed by atoms with Gasteiger partial charge in [-0.05, 0) is 25.0 Å². The third kappa shape index (κ3) is 4.24. The summed E-state index contributed by atoms with van der Waals surface area (Å²) in [6.07, 6.45) is 3.91. The van der Waals surface area contributed by atoms with Crippen LogP contribution in [0.3, 0.4) is 0 Å². The standard InChI is InChI=1S/C16H19F3N2O2/c1-10(22)21(11-4-2-3-5-11)9-8-14(23)20-13-7-6-12(17)15(18)16(13)19/h6-7,11H,2-5,8-9H2,1H3,(H,20,23). The summed E-state index contributed by atoms with van der Waals surface area (Å²) in [6, 6.07) is 1.85. The second-order valence-corrected chi connectivity index (χ2v) is 5.67. The molecule has 7 heteroatoms. The number of amides is 2. The fraction of sp³-hybridized carbons (Fsp3) is 0.500. The highest BCUT2D eigenvalue weighted by Crippen LogP contribution is 2.24. The largest absolute Gasteiger partial charge is 0.339 e. The first kappa shape index (κ1) is 17.3. The monoisotopic (exact) mass is 328 g/mol. The van der Waals surface area contributed by atoms with Crippen molar-refractivity contribution in [3.63, 3.8) is 0 Å². The molecule has 1 aromatic rings. The fourth-order valence-electron chi connectivity index (χ4n) is 2.87. The number of benzene rings is 1. The van der Waals surface area contributed by atoms with Crippen LogP contribution in [0.5, 0.6) is 0 Å². The average Bonchev–Trinajstić information content (AvgIpc) is 3.02. The number of hydrogen-bond donors (Lipinski definition) is 1. The number of carbonyl (C=O) groups is 2. The predicted octanol–water partition coefficient (Wildman–Crippen LogP) is 3.22. The van der Waals surface area contributed by atoms with Gasteiger partial charge in [0.15, 0.2) is 17.5 Å². The Balaban J connectivity index is 1.94. The Bertz CT molecular complexity index is 601. The number of nitrogens with zero attached hydrogens (tertiary/aromatic N) is 1. The number of halogens is 3. The van der Waals surface area contributed by atoms with Crippen LogP contribution in [0.25, 0.3) is 0 Å². The third-order valence-electron chi connectivity index (χ3n) is 4.06. The van der Waals surface area contributed by atoms with Crippen LogP contribution >= 0.6 is 0 Å². The van der Waals surface area contributed by atoms with Crippen molar-refractivity contribution in [1.82, 2.24) is 4.90 Å². The van der Waals surface area contributed by atoms with E-state index in [-0.39, 0.29) is 24.9 Å². The van der Waals surface area contributed by atoms with Gasteiger partial charge in [-0.15, -0.1) is 0 Å². The minimum atomic E-state index is -1.63. The van der Waals surface area contributed by atoms with Gasteiger partial charge >= 0.3 is 0 Å². The van der Waals surface area contributed by atoms with E-state index in [0.717, 1.165) is 37.8 Å². The molecule has 0 unspecified atom stereocenters. The quantitative estimate of drug-likeness (QED) is 0.844. The van der Waals surface area contributed by atoms with Crippen molar-refractivity contribution in [3.8, 4) is 0 Å². The first-order chi connectivity index (χ1) is 10.9. The van der Waals surface area contributed by atoms with Gasteiger partial charge in [0.25, 0.3) is 0 Å². The molecule has 1 aliphatic rings. The summed E-state index contributed by atoms with van der Waals surface area (Å²) in [7, 11) is 0. The fourth-order valence-corrected chi connectivity index (χ4v) is 2.87. The molecule has 1 N–H and O–H groups in total. The Hall–Kier alpha value is -2.05. The molecule has 0 bridgehead atoms. The zero-order valence-corrected chi connectivity index (χ0v) is 12.9. The van der Waals surface area contributed by atoms with E-state index < -0.39 is 29.0 Å². The van der Waals surface area contributed by atoms with E-state index in [2.05, 4.69) is 5.32 Å². The molecule has 1 aromatic carbocycles. The Morgan fingerprint density at radius 2 is 1.83 bits per heavy atom. The Morgan fingerprint density at radius 1 is 1.17 bits per heavy atom. The highest BCUT2D eigenvalue weighted by atomic mass is 19.2. The second-order valence-electron chi connectivity index (χ2n) is 5.67. The van der Waals surface area contributed by atoms with Crippen molar-refractivity contribution in [2.75, 3.05) is 11.9 Å². The number of anilines is 1. The molecule has 0 radical (unpaired) electrons. The number of rotatable bonds is 5. The minimum Gasteiger partial charge on any atom is -0.339 e. The molecule has 0 aromatic heterocycles. The highest BCUT2D eigenvalue weighted by Gasteiger charge is 2.25. The van der Waals surface area contributed by atoms with Crippen LogP contribution in [-0.4, -0.2) is 29.3 Å². The van der Waals surface area contributed by atoms with Crippen molar-refractivity contribution < 1.29 is 22.8 Å². The van der Waals surface area contributed by atoms with Crippen LogP contribution in [0, 0.1) is 17.5 Å². The zero-order valence-electron chi connectivity index (χ0n) is 12.9. The molecule has 0 saturated heterocycles. The van der Waals surface area contributed by atoms with E-state index in [9.17, 15) is 22.8 Å². The molecule has 1 aliphatic carbocycles. The van der Waals surface area contributed by atoms with Crippen LogP contribution in [-0.2, 0) is 9.59 Å². The summed E-state index contributed by atoms with van der Waals surface area (Å²) in [5.41, 5.74) is -0.413. The van der Waals surface area contributed by atoms with Crippen LogP contribution in [0.2, 0.25) is 0 Å². The molecule has 2 rings (SSSR count). The van der Waals surface area contributed by atoms with Crippen LogP contribution in [0.4, 0.5) is 18.9 Å². The van der Waals surface area contributed by atoms with Gasteiger partial charge in [0.05, 0.1) is 5.69 Å². The third-order valence-corrected chi connectivity index (χ3v) is 4.06. The zero-order chi connectivity index (χ0) is 17.0. The van der Waals surface area contributed by atoms with Crippen molar-refractivity contribution in [2.45, 2.75) is 45.1 Å². The van der Waals surface area contributed by atoms with E-state index >= 15 is 0 Å². The van der Waals surface area contributed by atoms with Gasteiger partial charge in [0.1, 0.15) is 0 Å². The molecule has 0 atom stereocenters. The SMILES string of the molecule is CC(=O)N(CCC(=O)Nc1ccc(F)c(F)c1F)C1CCCC1. The van der Waals surface area contributed by atoms with E-state index in [4.69, 9.17) is 0 Å². The maximum absolute atomic E-state index is 13.5. The number of nitrogens with one attached hydrogen (secondary N) is 1. The van der Waals surface area contributed by atoms with Gasteiger partial charge in [-0.25, -0.2) is 13.2 Å². The Labute approximate surface area is 132 Å². The van der Waals surface area contributed by atoms with Crippen molar-refractivity contribution in [1.29, 1.82) is 0 Å². The second kappa shape index (κ2) is 7.48. The van der Waals surface area contributed by atoms with Gasteiger partial charge in [0.2, 0.25) is 11.8 Å². The smallest absolute Gasteiger partial charge is 0.226 e. The van der Waals surface area contributed by atoms with Gasteiger partial charge < -0.3 is 10.2 Å². The molecule has 126 valence electrons. The number of carbonyl (C=O) groups excluding carboxylic acids is 2. The van der Waals surface area contributed by atoms with Crippen molar-refractivity contribution >= 4 is 17.5 Å². The predicted molar refractivity (Wildman–Crippen MR) is 79.2 cm³/mol. The number of hydrogen-bond acceptors (Lipinski definition) is 2. The molecule has 0 spiro atoms. The van der Waals surface area contributed by atoms with Gasteiger partial charge in [0, 0.05) is 25.9 Å². The molecule has 23 heavy (non-hydrogen) atoms. The van der Waals surface area contributed by atoms with Crippen molar-refractivity contribution in [2.24, 2.45) is 0 Å². The molecule has 0 heterocycles. The van der Waals surface area contributed by atoms with Gasteiger partial charge in [-0.3, -0.25) is 9.59 Å². The van der Waals surface area contributed by atoms with Gasteiger partial charge in [-0.2, -0.15) is 0 Å². The lowest BCUT2D eigenvalue weighted by Gasteiger charge is -2.27. The molecule has 1 saturated carbocycles. The maximum atomic E-state index is 13.5. The van der Waals surface area contributed by atoms with E-state index in [1.807, 2.05) is 0 Å². The molecular formula is C16H19F3N2O2. The van der Waals surface area contributed by atoms with E-state index in [1.54, 1.807) is 4.90 Å². The first-order valence-corrected chi connectivity index (χ1v) is 7.60. The lowest BCUT2D eigenvalue weighted by atomic mass is 10.2. The molecule has 1 fully saturated rings. The summed E-state index contributed by atoms with van der Waals surface area (Å²) in [5, 5.41) is 2.20. The molecule has 4 nitrogen and oxygen atoms in total. The van der Waals surface area contributed by atoms with E-state index in [0.29, 0.717) is 0 Å². The summed E-state index contributed by atoms with van der Waals surface area (Å²) in [4.78, 5) is 25.2. The first-order valence-electron chi connectivity index (χ1n) is 7.60. The normalized spacial score (nSPS) is 14.8. The molecular weight excluding hydrogens is 309 g/mol. The Morgan fingerprint density at radius 3 is 2.43 bits per heavy atom. The summed E-state index contributed by atoms with van der Waals surface area (Å²) < 4.78 is 39.5. The lowest BCUT2D eigenvalue weighted by molar-refractivity contribution is -0.131. The van der Waals surface area contributed by atoms with Crippen LogP contribution in [0.1, 0.15) is 39.0 Å². The summed E-state index contributed by atoms with van der Waals surface area (Å²) >= 11 is 0. The van der Waals surface area contributed by atoms with Crippen LogP contribution in [0.15, 0.2) is 12.1 Å². The minimum absolute atomic E-state index is 0.0332. The van der Waals surface area contributed by atoms with E-state index in [1.165, 1.54) is 6.92 Å². The summed E-state index contributed by atoms with van der Waals surface area (Å²) in [5.74, 6) is -5.04. The lowest BCUT2D eigenvalue weighted by Crippen LogP contribution is -2.39. The highest BCUT2D eigenvalue weighted by molar-refractivity contribution is 5.91. The topological polar surface area (TPSA) is 49.4 Å². The molecule has 0 aliphatic heterocycles. The summed E-state index contributed by atoms with van der Waals surface area (Å²) in [6.45, 7) is 1.67. The maximum Gasteiger partial charge on any atom is 0.226 e.